The van der Waals surface area contributed by atoms with Crippen LogP contribution >= 0.6 is 0 Å². The van der Waals surface area contributed by atoms with Gasteiger partial charge in [0.2, 0.25) is 5.91 Å². The van der Waals surface area contributed by atoms with Crippen LogP contribution in [0.2, 0.25) is 0 Å². The van der Waals surface area contributed by atoms with Gasteiger partial charge in [0.05, 0.1) is 0 Å². The lowest BCUT2D eigenvalue weighted by Gasteiger charge is -2.42. The maximum absolute atomic E-state index is 11.6. The Balaban J connectivity index is 2.30. The summed E-state index contributed by atoms with van der Waals surface area (Å²) in [5.41, 5.74) is 1.19. The summed E-state index contributed by atoms with van der Waals surface area (Å²) in [5.74, 6) is 0.153. The van der Waals surface area contributed by atoms with E-state index in [2.05, 4.69) is 24.1 Å². The Morgan fingerprint density at radius 3 is 2.56 bits per heavy atom. The van der Waals surface area contributed by atoms with Gasteiger partial charge in [-0.2, -0.15) is 0 Å². The Labute approximate surface area is 96.7 Å². The molecule has 0 radical (unpaired) electrons. The van der Waals surface area contributed by atoms with Crippen LogP contribution < -0.4 is 0 Å². The first-order valence-electron chi connectivity index (χ1n) is 5.72. The summed E-state index contributed by atoms with van der Waals surface area (Å²) < 4.78 is 0. The molecule has 3 heteroatoms. The van der Waals surface area contributed by atoms with Crippen molar-refractivity contribution in [2.75, 3.05) is 20.1 Å². The van der Waals surface area contributed by atoms with Crippen molar-refractivity contribution in [2.45, 2.75) is 19.5 Å². The predicted molar refractivity (Wildman–Crippen MR) is 63.8 cm³/mol. The molecule has 1 aromatic carbocycles. The third kappa shape index (κ3) is 2.09. The van der Waals surface area contributed by atoms with Crippen molar-refractivity contribution >= 4 is 5.91 Å². The number of hydrogen-bond donors (Lipinski definition) is 0. The topological polar surface area (TPSA) is 23.6 Å². The summed E-state index contributed by atoms with van der Waals surface area (Å²) in [5, 5.41) is 0. The van der Waals surface area contributed by atoms with E-state index in [-0.39, 0.29) is 12.1 Å². The largest absolute Gasteiger partial charge is 0.323 e. The van der Waals surface area contributed by atoms with Crippen molar-refractivity contribution < 1.29 is 4.79 Å². The van der Waals surface area contributed by atoms with Gasteiger partial charge in [0.15, 0.2) is 0 Å². The van der Waals surface area contributed by atoms with Gasteiger partial charge in [-0.3, -0.25) is 9.69 Å². The molecule has 16 heavy (non-hydrogen) atoms. The van der Waals surface area contributed by atoms with Gasteiger partial charge in [0.1, 0.15) is 6.17 Å². The van der Waals surface area contributed by atoms with E-state index in [4.69, 9.17) is 0 Å². The number of carbonyl (C=O) groups excluding carboxylic acids is 1. The Hall–Kier alpha value is -1.35. The molecule has 0 aromatic heterocycles. The Morgan fingerprint density at radius 2 is 1.94 bits per heavy atom. The zero-order valence-corrected chi connectivity index (χ0v) is 9.89. The molecule has 1 aliphatic heterocycles. The molecule has 0 saturated carbocycles. The van der Waals surface area contributed by atoms with Crippen molar-refractivity contribution in [2.24, 2.45) is 0 Å². The quantitative estimate of drug-likeness (QED) is 0.718. The lowest BCUT2D eigenvalue weighted by molar-refractivity contribution is -0.138. The van der Waals surface area contributed by atoms with Crippen LogP contribution in [0.1, 0.15) is 25.1 Å². The van der Waals surface area contributed by atoms with E-state index >= 15 is 0 Å². The van der Waals surface area contributed by atoms with Crippen LogP contribution in [0, 0.1) is 0 Å². The predicted octanol–water partition coefficient (Wildman–Crippen LogP) is 1.87. The monoisotopic (exact) mass is 218 g/mol. The van der Waals surface area contributed by atoms with E-state index in [0.717, 1.165) is 19.5 Å². The fraction of sp³-hybridized carbons (Fsp3) is 0.462. The number of amides is 1. The normalized spacial score (nSPS) is 22.1. The third-order valence-electron chi connectivity index (χ3n) is 3.12. The highest BCUT2D eigenvalue weighted by Gasteiger charge is 2.29. The molecule has 3 nitrogen and oxygen atoms in total. The van der Waals surface area contributed by atoms with Crippen LogP contribution in [0.15, 0.2) is 30.3 Å². The highest BCUT2D eigenvalue weighted by atomic mass is 16.2. The summed E-state index contributed by atoms with van der Waals surface area (Å²) in [7, 11) is 2.08. The second-order valence-corrected chi connectivity index (χ2v) is 4.33. The van der Waals surface area contributed by atoms with Crippen LogP contribution in [-0.4, -0.2) is 35.8 Å². The lowest BCUT2D eigenvalue weighted by atomic mass is 10.1. The Kier molecular flexibility index (Phi) is 3.25. The van der Waals surface area contributed by atoms with Gasteiger partial charge >= 0.3 is 0 Å². The number of hydrogen-bond acceptors (Lipinski definition) is 2. The fourth-order valence-electron chi connectivity index (χ4n) is 2.36. The molecule has 1 aliphatic rings. The average molecular weight is 218 g/mol. The molecule has 1 heterocycles. The van der Waals surface area contributed by atoms with Gasteiger partial charge in [-0.15, -0.1) is 0 Å². The van der Waals surface area contributed by atoms with Crippen molar-refractivity contribution in [3.05, 3.63) is 35.9 Å². The molecule has 0 N–H and O–H groups in total. The maximum Gasteiger partial charge on any atom is 0.220 e. The van der Waals surface area contributed by atoms with Gasteiger partial charge in [-0.05, 0) is 19.0 Å². The molecule has 1 saturated heterocycles. The minimum absolute atomic E-state index is 0.104. The van der Waals surface area contributed by atoms with Gasteiger partial charge in [0, 0.05) is 20.0 Å². The second-order valence-electron chi connectivity index (χ2n) is 4.33. The number of nitrogens with zero attached hydrogens (tertiary/aromatic N) is 2. The smallest absolute Gasteiger partial charge is 0.220 e. The number of rotatable bonds is 1. The summed E-state index contributed by atoms with van der Waals surface area (Å²) >= 11 is 0. The first-order chi connectivity index (χ1) is 7.70. The molecule has 0 bridgehead atoms. The number of carbonyl (C=O) groups is 1. The molecule has 1 unspecified atom stereocenters. The number of benzene rings is 1. The lowest BCUT2D eigenvalue weighted by Crippen LogP contribution is -2.47. The van der Waals surface area contributed by atoms with E-state index in [0.29, 0.717) is 0 Å². The van der Waals surface area contributed by atoms with E-state index < -0.39 is 0 Å². The molecule has 1 fully saturated rings. The Bertz CT molecular complexity index is 363. The highest BCUT2D eigenvalue weighted by Crippen LogP contribution is 2.27. The van der Waals surface area contributed by atoms with E-state index in [1.807, 2.05) is 23.1 Å². The fourth-order valence-corrected chi connectivity index (χ4v) is 2.36. The first kappa shape index (κ1) is 11.1. The van der Waals surface area contributed by atoms with Gasteiger partial charge < -0.3 is 4.90 Å². The second kappa shape index (κ2) is 4.66. The summed E-state index contributed by atoms with van der Waals surface area (Å²) in [6, 6.07) is 10.2. The molecule has 1 atom stereocenters. The SMILES string of the molecule is CC(=O)N1CCCN(C)C1c1ccccc1. The minimum Gasteiger partial charge on any atom is -0.323 e. The van der Waals surface area contributed by atoms with Crippen molar-refractivity contribution in [3.63, 3.8) is 0 Å². The molecular weight excluding hydrogens is 200 g/mol. The van der Waals surface area contributed by atoms with Crippen molar-refractivity contribution in [3.8, 4) is 0 Å². The van der Waals surface area contributed by atoms with Crippen LogP contribution in [0.3, 0.4) is 0 Å². The highest BCUT2D eigenvalue weighted by molar-refractivity contribution is 5.73. The average Bonchev–Trinajstić information content (AvgIpc) is 2.29. The maximum atomic E-state index is 11.6. The summed E-state index contributed by atoms with van der Waals surface area (Å²) in [4.78, 5) is 15.8. The molecular formula is C13H18N2O. The third-order valence-corrected chi connectivity index (χ3v) is 3.12. The summed E-state index contributed by atoms with van der Waals surface area (Å²) in [6.07, 6.45) is 1.16. The standard InChI is InChI=1S/C13H18N2O/c1-11(16)15-10-6-9-14(2)13(15)12-7-4-3-5-8-12/h3-5,7-8,13H,6,9-10H2,1-2H3. The molecule has 0 aliphatic carbocycles. The van der Waals surface area contributed by atoms with Crippen LogP contribution in [0.25, 0.3) is 0 Å². The molecule has 1 amide bonds. The Morgan fingerprint density at radius 1 is 1.25 bits per heavy atom. The van der Waals surface area contributed by atoms with E-state index in [1.54, 1.807) is 6.92 Å². The zero-order valence-electron chi connectivity index (χ0n) is 9.89. The van der Waals surface area contributed by atoms with Crippen molar-refractivity contribution in [1.29, 1.82) is 0 Å². The van der Waals surface area contributed by atoms with Crippen molar-refractivity contribution in [1.82, 2.24) is 9.80 Å². The van der Waals surface area contributed by atoms with Crippen LogP contribution in [0.4, 0.5) is 0 Å². The van der Waals surface area contributed by atoms with Crippen LogP contribution in [0.5, 0.6) is 0 Å². The molecule has 2 rings (SSSR count). The van der Waals surface area contributed by atoms with Gasteiger partial charge in [-0.25, -0.2) is 0 Å². The van der Waals surface area contributed by atoms with Gasteiger partial charge in [0.25, 0.3) is 0 Å². The van der Waals surface area contributed by atoms with E-state index in [1.165, 1.54) is 5.56 Å². The zero-order chi connectivity index (χ0) is 11.5. The van der Waals surface area contributed by atoms with Crippen LogP contribution in [-0.2, 0) is 4.79 Å². The molecule has 86 valence electrons. The van der Waals surface area contributed by atoms with E-state index in [9.17, 15) is 4.79 Å². The molecule has 0 spiro atoms. The van der Waals surface area contributed by atoms with Gasteiger partial charge in [-0.1, -0.05) is 30.3 Å². The summed E-state index contributed by atoms with van der Waals surface area (Å²) in [6.45, 7) is 3.55. The minimum atomic E-state index is 0.104. The molecule has 1 aromatic rings. The first-order valence-corrected chi connectivity index (χ1v) is 5.72.